The van der Waals surface area contributed by atoms with E-state index in [9.17, 15) is 9.18 Å². The van der Waals surface area contributed by atoms with Gasteiger partial charge in [-0.2, -0.15) is 0 Å². The van der Waals surface area contributed by atoms with Crippen molar-refractivity contribution < 1.29 is 13.9 Å². The van der Waals surface area contributed by atoms with Crippen LogP contribution in [0, 0.1) is 5.82 Å². The van der Waals surface area contributed by atoms with Crippen molar-refractivity contribution in [2.75, 3.05) is 0 Å². The number of thiocarbonyl (C=S) groups is 1. The largest absolute Gasteiger partial charge is 0.488 e. The smallest absolute Gasteiger partial charge is 0.242 e. The van der Waals surface area contributed by atoms with Gasteiger partial charge in [0.1, 0.15) is 22.5 Å². The number of hydrogen-bond acceptors (Lipinski definition) is 4. The van der Waals surface area contributed by atoms with Gasteiger partial charge in [0.15, 0.2) is 0 Å². The molecule has 0 radical (unpaired) electrons. The Morgan fingerprint density at radius 1 is 1.03 bits per heavy atom. The zero-order valence-electron chi connectivity index (χ0n) is 16.8. The van der Waals surface area contributed by atoms with E-state index in [0.717, 1.165) is 26.9 Å². The number of rotatable bonds is 7. The summed E-state index contributed by atoms with van der Waals surface area (Å²) >= 11 is 16.3. The summed E-state index contributed by atoms with van der Waals surface area (Å²) in [7, 11) is 0. The van der Waals surface area contributed by atoms with Gasteiger partial charge in [-0.3, -0.25) is 9.69 Å². The Kier molecular flexibility index (Phi) is 7.51. The number of thioether (sulfide) groups is 1. The fourth-order valence-corrected chi connectivity index (χ4v) is 5.49. The van der Waals surface area contributed by atoms with Gasteiger partial charge >= 0.3 is 0 Å². The van der Waals surface area contributed by atoms with Crippen LogP contribution in [0.25, 0.3) is 0 Å². The van der Waals surface area contributed by atoms with E-state index in [4.69, 9.17) is 28.6 Å². The summed E-state index contributed by atoms with van der Waals surface area (Å²) < 4.78 is 20.4. The minimum absolute atomic E-state index is 0.0245. The Labute approximate surface area is 209 Å². The van der Waals surface area contributed by atoms with Crippen molar-refractivity contribution in [3.63, 3.8) is 0 Å². The van der Waals surface area contributed by atoms with Crippen molar-refractivity contribution >= 4 is 61.7 Å². The average Bonchev–Trinajstić information content (AvgIpc) is 3.03. The summed E-state index contributed by atoms with van der Waals surface area (Å²) in [6, 6.07) is 19.5. The molecular formula is C24H18BrClFNO2S2. The summed E-state index contributed by atoms with van der Waals surface area (Å²) in [4.78, 5) is 14.5. The SMILES string of the molecule is O=C1[C@@H](Cc2ccc(OCc3ccc(Cl)cc3)c(Br)c2)SC(=S)N1Cc1ccc(F)cc1. The molecule has 8 heteroatoms. The van der Waals surface area contributed by atoms with Crippen LogP contribution in [0.5, 0.6) is 5.75 Å². The Bertz CT molecular complexity index is 1140. The highest BCUT2D eigenvalue weighted by Gasteiger charge is 2.36. The molecule has 1 fully saturated rings. The molecule has 0 unspecified atom stereocenters. The normalized spacial score (nSPS) is 16.0. The summed E-state index contributed by atoms with van der Waals surface area (Å²) in [5.41, 5.74) is 2.87. The van der Waals surface area contributed by atoms with Gasteiger partial charge in [0.25, 0.3) is 0 Å². The first-order valence-electron chi connectivity index (χ1n) is 9.81. The first-order chi connectivity index (χ1) is 15.4. The van der Waals surface area contributed by atoms with Gasteiger partial charge in [0.2, 0.25) is 5.91 Å². The molecule has 3 aromatic carbocycles. The van der Waals surface area contributed by atoms with Crippen LogP contribution in [-0.4, -0.2) is 20.4 Å². The molecule has 0 bridgehead atoms. The Morgan fingerprint density at radius 2 is 1.69 bits per heavy atom. The fourth-order valence-electron chi connectivity index (χ4n) is 3.29. The van der Waals surface area contributed by atoms with Gasteiger partial charge in [-0.15, -0.1) is 0 Å². The molecule has 1 amide bonds. The van der Waals surface area contributed by atoms with E-state index in [-0.39, 0.29) is 17.0 Å². The number of carbonyl (C=O) groups excluding carboxylic acids is 1. The third-order valence-electron chi connectivity index (χ3n) is 4.98. The monoisotopic (exact) mass is 549 g/mol. The van der Waals surface area contributed by atoms with Gasteiger partial charge in [-0.25, -0.2) is 4.39 Å². The number of carbonyl (C=O) groups is 1. The number of benzene rings is 3. The molecule has 0 aliphatic carbocycles. The lowest BCUT2D eigenvalue weighted by Crippen LogP contribution is -2.31. The predicted octanol–water partition coefficient (Wildman–Crippen LogP) is 6.79. The third-order valence-corrected chi connectivity index (χ3v) is 7.44. The standard InChI is InChI=1S/C24H18BrClFNO2S2/c25-20-11-17(5-10-21(20)30-14-16-1-6-18(26)7-2-16)12-22-23(29)28(24(31)32-22)13-15-3-8-19(27)9-4-15/h1-11,22H,12-14H2/t22-/m1/s1. The lowest BCUT2D eigenvalue weighted by atomic mass is 10.1. The Morgan fingerprint density at radius 3 is 2.38 bits per heavy atom. The predicted molar refractivity (Wildman–Crippen MR) is 135 cm³/mol. The zero-order chi connectivity index (χ0) is 22.7. The molecule has 32 heavy (non-hydrogen) atoms. The molecule has 0 spiro atoms. The number of amides is 1. The number of halogens is 3. The molecule has 164 valence electrons. The van der Waals surface area contributed by atoms with Gasteiger partial charge in [0, 0.05) is 5.02 Å². The summed E-state index contributed by atoms with van der Waals surface area (Å²) in [5.74, 6) is 0.397. The summed E-state index contributed by atoms with van der Waals surface area (Å²) in [6.07, 6.45) is 0.555. The second-order valence-electron chi connectivity index (χ2n) is 7.31. The van der Waals surface area contributed by atoms with Crippen molar-refractivity contribution in [1.82, 2.24) is 4.90 Å². The molecule has 1 heterocycles. The minimum atomic E-state index is -0.303. The summed E-state index contributed by atoms with van der Waals surface area (Å²) in [6.45, 7) is 0.779. The van der Waals surface area contributed by atoms with Crippen LogP contribution < -0.4 is 4.74 Å². The average molecular weight is 551 g/mol. The maximum atomic E-state index is 13.1. The van der Waals surface area contributed by atoms with Crippen LogP contribution in [0.1, 0.15) is 16.7 Å². The Hall–Kier alpha value is -1.93. The molecular weight excluding hydrogens is 533 g/mol. The van der Waals surface area contributed by atoms with Crippen molar-refractivity contribution in [1.29, 1.82) is 0 Å². The van der Waals surface area contributed by atoms with E-state index in [1.54, 1.807) is 17.0 Å². The van der Waals surface area contributed by atoms with Crippen LogP contribution in [0.15, 0.2) is 71.2 Å². The molecule has 1 atom stereocenters. The maximum Gasteiger partial charge on any atom is 0.242 e. The lowest BCUT2D eigenvalue weighted by Gasteiger charge is -2.16. The highest BCUT2D eigenvalue weighted by molar-refractivity contribution is 9.10. The second-order valence-corrected chi connectivity index (χ2v) is 10.4. The fraction of sp³-hybridized carbons (Fsp3) is 0.167. The van der Waals surface area contributed by atoms with Gasteiger partial charge in [-0.05, 0) is 75.4 Å². The summed E-state index contributed by atoms with van der Waals surface area (Å²) in [5, 5.41) is 0.407. The van der Waals surface area contributed by atoms with Crippen molar-refractivity contribution in [3.05, 3.63) is 98.7 Å². The molecule has 3 nitrogen and oxygen atoms in total. The van der Waals surface area contributed by atoms with Crippen LogP contribution in [0.3, 0.4) is 0 Å². The maximum absolute atomic E-state index is 13.1. The molecule has 3 aromatic rings. The van der Waals surface area contributed by atoms with E-state index < -0.39 is 0 Å². The van der Waals surface area contributed by atoms with Gasteiger partial charge in [-0.1, -0.05) is 65.9 Å². The van der Waals surface area contributed by atoms with Crippen LogP contribution in [-0.2, 0) is 24.4 Å². The first kappa shape index (κ1) is 23.2. The van der Waals surface area contributed by atoms with Crippen LogP contribution in [0.2, 0.25) is 5.02 Å². The molecule has 4 rings (SSSR count). The topological polar surface area (TPSA) is 29.5 Å². The molecule has 1 aliphatic heterocycles. The van der Waals surface area contributed by atoms with E-state index >= 15 is 0 Å². The molecule has 0 saturated carbocycles. The number of nitrogens with zero attached hydrogens (tertiary/aromatic N) is 1. The quantitative estimate of drug-likeness (QED) is 0.303. The zero-order valence-corrected chi connectivity index (χ0v) is 20.7. The minimum Gasteiger partial charge on any atom is -0.488 e. The van der Waals surface area contributed by atoms with E-state index in [0.29, 0.717) is 28.9 Å². The van der Waals surface area contributed by atoms with Crippen LogP contribution in [0.4, 0.5) is 4.39 Å². The lowest BCUT2D eigenvalue weighted by molar-refractivity contribution is -0.126. The second kappa shape index (κ2) is 10.3. The number of hydrogen-bond donors (Lipinski definition) is 0. The van der Waals surface area contributed by atoms with E-state index in [2.05, 4.69) is 15.9 Å². The Balaban J connectivity index is 1.37. The highest BCUT2D eigenvalue weighted by Crippen LogP contribution is 2.33. The van der Waals surface area contributed by atoms with Crippen molar-refractivity contribution in [3.8, 4) is 5.75 Å². The van der Waals surface area contributed by atoms with Crippen molar-refractivity contribution in [2.24, 2.45) is 0 Å². The van der Waals surface area contributed by atoms with E-state index in [1.807, 2.05) is 42.5 Å². The van der Waals surface area contributed by atoms with Crippen molar-refractivity contribution in [2.45, 2.75) is 24.8 Å². The molecule has 1 saturated heterocycles. The number of ether oxygens (including phenoxy) is 1. The first-order valence-corrected chi connectivity index (χ1v) is 12.3. The van der Waals surface area contributed by atoms with E-state index in [1.165, 1.54) is 23.9 Å². The highest BCUT2D eigenvalue weighted by atomic mass is 79.9. The molecule has 1 aliphatic rings. The molecule has 0 aromatic heterocycles. The third kappa shape index (κ3) is 5.70. The molecule has 0 N–H and O–H groups in total. The van der Waals surface area contributed by atoms with Gasteiger partial charge < -0.3 is 4.74 Å². The van der Waals surface area contributed by atoms with Gasteiger partial charge in [0.05, 0.1) is 16.3 Å². The van der Waals surface area contributed by atoms with Crippen LogP contribution >= 0.6 is 51.5 Å².